The maximum Gasteiger partial charge on any atom is 0.320 e. The highest BCUT2D eigenvalue weighted by Crippen LogP contribution is 2.10. The maximum atomic E-state index is 11.3. The quantitative estimate of drug-likeness (QED) is 0.549. The lowest BCUT2D eigenvalue weighted by atomic mass is 10.1. The summed E-state index contributed by atoms with van der Waals surface area (Å²) >= 11 is 0. The number of nitrogens with zero attached hydrogens (tertiary/aromatic N) is 2. The Morgan fingerprint density at radius 1 is 1.33 bits per heavy atom. The van der Waals surface area contributed by atoms with Gasteiger partial charge in [0.15, 0.2) is 0 Å². The van der Waals surface area contributed by atoms with Crippen LogP contribution in [0.5, 0.6) is 0 Å². The number of esters is 1. The molecule has 1 aliphatic rings. The van der Waals surface area contributed by atoms with Crippen molar-refractivity contribution < 1.29 is 9.53 Å². The number of carbonyl (C=O) groups excluding carboxylic acids is 1. The monoisotopic (exact) mass is 168 g/mol. The van der Waals surface area contributed by atoms with Crippen LogP contribution in [0.15, 0.2) is 10.2 Å². The Morgan fingerprint density at radius 3 is 2.25 bits per heavy atom. The van der Waals surface area contributed by atoms with Crippen LogP contribution in [0.3, 0.4) is 0 Å². The van der Waals surface area contributed by atoms with Gasteiger partial charge < -0.3 is 4.74 Å². The van der Waals surface area contributed by atoms with Gasteiger partial charge in [-0.05, 0) is 20.8 Å². The fourth-order valence-electron chi connectivity index (χ4n) is 0.751. The van der Waals surface area contributed by atoms with Crippen LogP contribution in [0.1, 0.15) is 20.8 Å². The Balaban J connectivity index is 2.49. The minimum Gasteiger partial charge on any atom is -0.459 e. The van der Waals surface area contributed by atoms with Crippen molar-refractivity contribution in [2.45, 2.75) is 26.4 Å². The third kappa shape index (κ3) is 2.45. The summed E-state index contributed by atoms with van der Waals surface area (Å²) in [6.07, 6.45) is 2.93. The van der Waals surface area contributed by atoms with Gasteiger partial charge in [0.2, 0.25) is 0 Å². The van der Waals surface area contributed by atoms with E-state index in [1.54, 1.807) is 0 Å². The van der Waals surface area contributed by atoms with Crippen molar-refractivity contribution in [2.75, 3.05) is 0 Å². The van der Waals surface area contributed by atoms with Crippen LogP contribution in [-0.4, -0.2) is 24.0 Å². The highest BCUT2D eigenvalue weighted by Gasteiger charge is 2.23. The minimum atomic E-state index is -0.443. The van der Waals surface area contributed by atoms with Crippen LogP contribution in [-0.2, 0) is 9.53 Å². The summed E-state index contributed by atoms with van der Waals surface area (Å²) in [5.74, 6) is -0.697. The molecule has 0 aromatic heterocycles. The molecule has 0 spiro atoms. The molecule has 0 aliphatic carbocycles. The fraction of sp³-hybridized carbons (Fsp3) is 0.625. The lowest BCUT2D eigenvalue weighted by Gasteiger charge is -2.20. The minimum absolute atomic E-state index is 0.299. The number of carbonyl (C=O) groups is 1. The third-order valence-corrected chi connectivity index (χ3v) is 1.20. The fourth-order valence-corrected chi connectivity index (χ4v) is 0.751. The molecule has 0 aromatic rings. The van der Waals surface area contributed by atoms with Gasteiger partial charge in [0, 0.05) is 12.4 Å². The molecule has 0 saturated heterocycles. The van der Waals surface area contributed by atoms with E-state index >= 15 is 0 Å². The van der Waals surface area contributed by atoms with E-state index in [2.05, 4.69) is 10.2 Å². The Morgan fingerprint density at radius 2 is 1.83 bits per heavy atom. The largest absolute Gasteiger partial charge is 0.459 e. The highest BCUT2D eigenvalue weighted by molar-refractivity contribution is 6.07. The summed E-state index contributed by atoms with van der Waals surface area (Å²) in [6, 6.07) is 0. The molecule has 1 heterocycles. The molecule has 0 N–H and O–H groups in total. The Labute approximate surface area is 71.3 Å². The van der Waals surface area contributed by atoms with E-state index in [1.165, 1.54) is 12.4 Å². The van der Waals surface area contributed by atoms with Crippen LogP contribution >= 0.6 is 0 Å². The van der Waals surface area contributed by atoms with E-state index in [4.69, 9.17) is 4.74 Å². The molecule has 0 unspecified atom stereocenters. The SMILES string of the molecule is CC(C)(C)OC(=O)C1C=NN=C1. The summed E-state index contributed by atoms with van der Waals surface area (Å²) in [6.45, 7) is 5.48. The Hall–Kier alpha value is -1.19. The summed E-state index contributed by atoms with van der Waals surface area (Å²) in [5, 5.41) is 7.12. The zero-order valence-corrected chi connectivity index (χ0v) is 7.44. The number of rotatable bonds is 1. The van der Waals surface area contributed by atoms with Gasteiger partial charge in [-0.3, -0.25) is 4.79 Å². The van der Waals surface area contributed by atoms with Crippen LogP contribution in [0, 0.1) is 5.92 Å². The van der Waals surface area contributed by atoms with Gasteiger partial charge in [-0.1, -0.05) is 0 Å². The third-order valence-electron chi connectivity index (χ3n) is 1.20. The van der Waals surface area contributed by atoms with E-state index < -0.39 is 11.5 Å². The first-order chi connectivity index (χ1) is 5.49. The van der Waals surface area contributed by atoms with E-state index in [-0.39, 0.29) is 5.97 Å². The molecule has 66 valence electrons. The average Bonchev–Trinajstić information content (AvgIpc) is 2.32. The van der Waals surface area contributed by atoms with Crippen molar-refractivity contribution >= 4 is 18.4 Å². The zero-order valence-electron chi connectivity index (χ0n) is 7.44. The lowest BCUT2D eigenvalue weighted by molar-refractivity contribution is -0.155. The highest BCUT2D eigenvalue weighted by atomic mass is 16.6. The van der Waals surface area contributed by atoms with Gasteiger partial charge in [0.25, 0.3) is 0 Å². The number of ether oxygens (including phenoxy) is 1. The van der Waals surface area contributed by atoms with E-state index in [0.29, 0.717) is 0 Å². The lowest BCUT2D eigenvalue weighted by Crippen LogP contribution is -2.29. The van der Waals surface area contributed by atoms with Crippen molar-refractivity contribution in [1.29, 1.82) is 0 Å². The smallest absolute Gasteiger partial charge is 0.320 e. The van der Waals surface area contributed by atoms with Crippen molar-refractivity contribution in [3.05, 3.63) is 0 Å². The summed E-state index contributed by atoms with van der Waals surface area (Å²) < 4.78 is 5.10. The molecular weight excluding hydrogens is 156 g/mol. The Kier molecular flexibility index (Phi) is 2.26. The molecule has 12 heavy (non-hydrogen) atoms. The molecule has 0 atom stereocenters. The van der Waals surface area contributed by atoms with Crippen LogP contribution in [0.4, 0.5) is 0 Å². The predicted octanol–water partition coefficient (Wildman–Crippen LogP) is 1.01. The first-order valence-corrected chi connectivity index (χ1v) is 3.78. The molecule has 4 nitrogen and oxygen atoms in total. The van der Waals surface area contributed by atoms with Crippen molar-refractivity contribution in [3.8, 4) is 0 Å². The summed E-state index contributed by atoms with van der Waals surface area (Å²) in [4.78, 5) is 11.3. The molecule has 1 rings (SSSR count). The van der Waals surface area contributed by atoms with E-state index in [0.717, 1.165) is 0 Å². The number of hydrogen-bond acceptors (Lipinski definition) is 4. The van der Waals surface area contributed by atoms with Gasteiger partial charge in [-0.2, -0.15) is 10.2 Å². The van der Waals surface area contributed by atoms with E-state index in [1.807, 2.05) is 20.8 Å². The second-order valence-electron chi connectivity index (χ2n) is 3.59. The van der Waals surface area contributed by atoms with Gasteiger partial charge in [0.05, 0.1) is 0 Å². The number of hydrogen-bond donors (Lipinski definition) is 0. The topological polar surface area (TPSA) is 51.0 Å². The molecule has 0 saturated carbocycles. The second-order valence-corrected chi connectivity index (χ2v) is 3.59. The van der Waals surface area contributed by atoms with Crippen molar-refractivity contribution in [1.82, 2.24) is 0 Å². The average molecular weight is 168 g/mol. The zero-order chi connectivity index (χ0) is 9.19. The molecule has 1 aliphatic heterocycles. The first kappa shape index (κ1) is 8.90. The van der Waals surface area contributed by atoms with Crippen LogP contribution < -0.4 is 0 Å². The Bertz CT molecular complexity index is 226. The maximum absolute atomic E-state index is 11.3. The van der Waals surface area contributed by atoms with Gasteiger partial charge in [-0.15, -0.1) is 0 Å². The normalized spacial score (nSPS) is 16.9. The van der Waals surface area contributed by atoms with Crippen LogP contribution in [0.2, 0.25) is 0 Å². The second kappa shape index (κ2) is 3.05. The molecule has 0 radical (unpaired) electrons. The molecule has 0 aromatic carbocycles. The van der Waals surface area contributed by atoms with Gasteiger partial charge in [-0.25, -0.2) is 0 Å². The van der Waals surface area contributed by atoms with E-state index in [9.17, 15) is 4.79 Å². The molecule has 0 fully saturated rings. The molecular formula is C8H12N2O2. The molecule has 0 amide bonds. The molecule has 0 bridgehead atoms. The van der Waals surface area contributed by atoms with Crippen LogP contribution in [0.25, 0.3) is 0 Å². The van der Waals surface area contributed by atoms with Crippen molar-refractivity contribution in [3.63, 3.8) is 0 Å². The van der Waals surface area contributed by atoms with Crippen molar-refractivity contribution in [2.24, 2.45) is 16.1 Å². The predicted molar refractivity (Wildman–Crippen MR) is 46.3 cm³/mol. The first-order valence-electron chi connectivity index (χ1n) is 3.78. The summed E-state index contributed by atoms with van der Waals surface area (Å²) in [5.41, 5.74) is -0.443. The van der Waals surface area contributed by atoms with Gasteiger partial charge in [0.1, 0.15) is 11.5 Å². The van der Waals surface area contributed by atoms with Gasteiger partial charge >= 0.3 is 5.97 Å². The standard InChI is InChI=1S/C8H12N2O2/c1-8(2,3)12-7(11)6-4-9-10-5-6/h4-6H,1-3H3. The summed E-state index contributed by atoms with van der Waals surface area (Å²) in [7, 11) is 0. The molecule has 4 heteroatoms.